The van der Waals surface area contributed by atoms with Crippen molar-refractivity contribution in [2.75, 3.05) is 6.61 Å². The SMILES string of the molecule is CC(C)c1ccc(CO[PH]2(O)OC[C@H]3O[C@@H](n4cc(F)c(=O)[nH]c4=O)C[C@@H]3O2)cc1. The van der Waals surface area contributed by atoms with E-state index in [0.29, 0.717) is 5.92 Å². The van der Waals surface area contributed by atoms with Crippen LogP contribution in [0.15, 0.2) is 40.1 Å². The van der Waals surface area contributed by atoms with Gasteiger partial charge in [0.15, 0.2) is 0 Å². The number of nitrogens with one attached hydrogen (secondary N) is 1. The predicted octanol–water partition coefficient (Wildman–Crippen LogP) is 2.12. The average Bonchev–Trinajstić information content (AvgIpc) is 3.12. The van der Waals surface area contributed by atoms with Crippen LogP contribution in [0.3, 0.4) is 0 Å². The summed E-state index contributed by atoms with van der Waals surface area (Å²) in [5.41, 5.74) is 0.179. The fourth-order valence-electron chi connectivity index (χ4n) is 3.48. The predicted molar refractivity (Wildman–Crippen MR) is 106 cm³/mol. The standard InChI is InChI=1S/C19H24FN2O7P/c1-11(2)13-5-3-12(4-6-13)9-26-30(25)27-10-16-15(29-30)7-17(28-16)22-8-14(20)18(23)21-19(22)24/h3-6,8,11,15-17,25,30H,7,9-10H2,1-2H3,(H,21,23,24)/t15-,16+,17+/m0/s1. The molecular formula is C19H24FN2O7P. The summed E-state index contributed by atoms with van der Waals surface area (Å²) in [5.74, 6) is -0.679. The van der Waals surface area contributed by atoms with Crippen molar-refractivity contribution >= 4 is 8.17 Å². The second-order valence-corrected chi connectivity index (χ2v) is 9.55. The number of H-pyrrole nitrogens is 1. The molecule has 0 spiro atoms. The van der Waals surface area contributed by atoms with Gasteiger partial charge in [0.25, 0.3) is 0 Å². The van der Waals surface area contributed by atoms with E-state index in [9.17, 15) is 18.9 Å². The summed E-state index contributed by atoms with van der Waals surface area (Å²) in [5, 5.41) is 0. The molecule has 2 aliphatic rings. The van der Waals surface area contributed by atoms with Gasteiger partial charge >= 0.3 is 171 Å². The third-order valence-electron chi connectivity index (χ3n) is 5.21. The summed E-state index contributed by atoms with van der Waals surface area (Å²) in [6.45, 7) is 4.34. The van der Waals surface area contributed by atoms with Crippen LogP contribution in [-0.4, -0.2) is 33.3 Å². The van der Waals surface area contributed by atoms with Crippen LogP contribution in [-0.2, 0) is 24.9 Å². The minimum atomic E-state index is -3.90. The van der Waals surface area contributed by atoms with Crippen molar-refractivity contribution in [3.05, 3.63) is 68.2 Å². The van der Waals surface area contributed by atoms with Gasteiger partial charge in [0, 0.05) is 0 Å². The number of rotatable bonds is 5. The Bertz CT molecular complexity index is 1020. The fraction of sp³-hybridized carbons (Fsp3) is 0.474. The van der Waals surface area contributed by atoms with Crippen LogP contribution in [0, 0.1) is 5.82 Å². The van der Waals surface area contributed by atoms with Gasteiger partial charge in [-0.05, 0) is 0 Å². The van der Waals surface area contributed by atoms with Crippen LogP contribution >= 0.6 is 8.17 Å². The Morgan fingerprint density at radius 3 is 2.73 bits per heavy atom. The van der Waals surface area contributed by atoms with E-state index in [1.54, 1.807) is 0 Å². The van der Waals surface area contributed by atoms with Crippen molar-refractivity contribution in [1.29, 1.82) is 0 Å². The molecule has 0 radical (unpaired) electrons. The third kappa shape index (κ3) is 4.39. The van der Waals surface area contributed by atoms with Gasteiger partial charge in [-0.1, -0.05) is 0 Å². The zero-order chi connectivity index (χ0) is 21.5. The van der Waals surface area contributed by atoms with Crippen LogP contribution in [0.5, 0.6) is 0 Å². The first-order chi connectivity index (χ1) is 14.2. The van der Waals surface area contributed by atoms with Gasteiger partial charge in [-0.25, -0.2) is 0 Å². The summed E-state index contributed by atoms with van der Waals surface area (Å²) in [4.78, 5) is 35.7. The summed E-state index contributed by atoms with van der Waals surface area (Å²) in [6.07, 6.45) is -1.04. The monoisotopic (exact) mass is 442 g/mol. The Morgan fingerprint density at radius 2 is 2.03 bits per heavy atom. The van der Waals surface area contributed by atoms with Crippen molar-refractivity contribution in [2.45, 2.75) is 51.2 Å². The normalized spacial score (nSPS) is 26.5. The molecule has 2 N–H and O–H groups in total. The molecule has 2 aliphatic heterocycles. The quantitative estimate of drug-likeness (QED) is 0.683. The average molecular weight is 442 g/mol. The van der Waals surface area contributed by atoms with E-state index in [1.165, 1.54) is 5.56 Å². The first-order valence-electron chi connectivity index (χ1n) is 9.67. The van der Waals surface area contributed by atoms with Gasteiger partial charge in [0.05, 0.1) is 0 Å². The molecular weight excluding hydrogens is 418 g/mol. The van der Waals surface area contributed by atoms with Crippen molar-refractivity contribution in [1.82, 2.24) is 9.55 Å². The molecule has 0 unspecified atom stereocenters. The number of ether oxygens (including phenoxy) is 1. The molecule has 2 aromatic rings. The second kappa shape index (κ2) is 8.30. The van der Waals surface area contributed by atoms with Gasteiger partial charge in [-0.3, -0.25) is 0 Å². The summed E-state index contributed by atoms with van der Waals surface area (Å²) >= 11 is 0. The molecule has 0 amide bonds. The van der Waals surface area contributed by atoms with E-state index in [-0.39, 0.29) is 19.6 Å². The Kier molecular flexibility index (Phi) is 5.89. The first kappa shape index (κ1) is 21.3. The molecule has 1 aromatic carbocycles. The summed E-state index contributed by atoms with van der Waals surface area (Å²) < 4.78 is 36.9. The summed E-state index contributed by atoms with van der Waals surface area (Å²) in [7, 11) is -3.90. The molecule has 9 nitrogen and oxygen atoms in total. The third-order valence-corrected chi connectivity index (χ3v) is 6.85. The van der Waals surface area contributed by atoms with Crippen LogP contribution in [0.4, 0.5) is 4.39 Å². The Hall–Kier alpha value is -1.94. The maximum absolute atomic E-state index is 13.6. The minimum absolute atomic E-state index is 0.0107. The summed E-state index contributed by atoms with van der Waals surface area (Å²) in [6, 6.07) is 7.85. The van der Waals surface area contributed by atoms with E-state index in [4.69, 9.17) is 18.3 Å². The zero-order valence-electron chi connectivity index (χ0n) is 16.5. The van der Waals surface area contributed by atoms with E-state index < -0.39 is 43.7 Å². The second-order valence-electron chi connectivity index (χ2n) is 7.68. The molecule has 4 rings (SSSR count). The topological polar surface area (TPSA) is 112 Å². The van der Waals surface area contributed by atoms with Crippen molar-refractivity contribution in [3.63, 3.8) is 0 Å². The molecule has 0 bridgehead atoms. The van der Waals surface area contributed by atoms with Crippen molar-refractivity contribution < 1.29 is 27.6 Å². The Labute approximate surface area is 172 Å². The van der Waals surface area contributed by atoms with Crippen LogP contribution in [0.1, 0.15) is 43.5 Å². The molecule has 2 fully saturated rings. The van der Waals surface area contributed by atoms with Crippen molar-refractivity contribution in [3.8, 4) is 0 Å². The number of halogens is 1. The molecule has 0 aliphatic carbocycles. The van der Waals surface area contributed by atoms with E-state index in [0.717, 1.165) is 16.3 Å². The number of fused-ring (bicyclic) bond motifs is 1. The first-order valence-corrected chi connectivity index (χ1v) is 11.3. The van der Waals surface area contributed by atoms with Gasteiger partial charge in [-0.15, -0.1) is 0 Å². The van der Waals surface area contributed by atoms with Crippen molar-refractivity contribution in [2.24, 2.45) is 0 Å². The molecule has 164 valence electrons. The van der Waals surface area contributed by atoms with Crippen LogP contribution in [0.25, 0.3) is 0 Å². The molecule has 30 heavy (non-hydrogen) atoms. The zero-order valence-corrected chi connectivity index (χ0v) is 17.5. The van der Waals surface area contributed by atoms with Gasteiger partial charge in [0.2, 0.25) is 0 Å². The number of aromatic nitrogens is 2. The number of aromatic amines is 1. The molecule has 2 saturated heterocycles. The van der Waals surface area contributed by atoms with E-state index >= 15 is 0 Å². The molecule has 1 aromatic heterocycles. The van der Waals surface area contributed by atoms with Gasteiger partial charge in [-0.2, -0.15) is 0 Å². The fourth-order valence-corrected chi connectivity index (χ4v) is 5.06. The van der Waals surface area contributed by atoms with Gasteiger partial charge in [0.1, 0.15) is 0 Å². The van der Waals surface area contributed by atoms with Crippen LogP contribution < -0.4 is 11.2 Å². The number of hydrogen-bond donors (Lipinski definition) is 2. The number of nitrogens with zero attached hydrogens (tertiary/aromatic N) is 1. The van der Waals surface area contributed by atoms with Gasteiger partial charge < -0.3 is 0 Å². The molecule has 0 saturated carbocycles. The van der Waals surface area contributed by atoms with E-state index in [2.05, 4.69) is 13.8 Å². The molecule has 11 heteroatoms. The number of hydrogen-bond acceptors (Lipinski definition) is 7. The van der Waals surface area contributed by atoms with E-state index in [1.807, 2.05) is 29.2 Å². The maximum atomic E-state index is 13.6. The Balaban J connectivity index is 1.40. The molecule has 3 atom stereocenters. The number of benzene rings is 1. The Morgan fingerprint density at radius 1 is 1.30 bits per heavy atom. The van der Waals surface area contributed by atoms with Crippen LogP contribution in [0.2, 0.25) is 0 Å². The molecule has 3 heterocycles.